The van der Waals surface area contributed by atoms with Gasteiger partial charge in [0.2, 0.25) is 18.5 Å². The van der Waals surface area contributed by atoms with Crippen molar-refractivity contribution in [3.05, 3.63) is 80.1 Å². The van der Waals surface area contributed by atoms with E-state index in [1.807, 2.05) is 6.07 Å². The van der Waals surface area contributed by atoms with E-state index in [1.54, 1.807) is 42.5 Å². The number of ketones is 1. The SMILES string of the molecule is Cc1c(C(=O)C(C)Oc2ccccc2Cl)c(O)n(Cc2ccc3c(c2)OCO3)c(=O)c1C#N. The fourth-order valence-electron chi connectivity index (χ4n) is 3.60. The molecule has 1 unspecified atom stereocenters. The van der Waals surface area contributed by atoms with E-state index in [9.17, 15) is 20.0 Å². The quantitative estimate of drug-likeness (QED) is 0.550. The van der Waals surface area contributed by atoms with E-state index in [4.69, 9.17) is 25.8 Å². The minimum atomic E-state index is -1.04. The van der Waals surface area contributed by atoms with Crippen molar-refractivity contribution in [1.29, 1.82) is 5.26 Å². The van der Waals surface area contributed by atoms with E-state index in [-0.39, 0.29) is 30.0 Å². The highest BCUT2D eigenvalue weighted by Gasteiger charge is 2.28. The molecule has 1 atom stereocenters. The molecule has 0 fully saturated rings. The van der Waals surface area contributed by atoms with Crippen molar-refractivity contribution in [1.82, 2.24) is 4.57 Å². The second-order valence-corrected chi connectivity index (χ2v) is 7.85. The maximum atomic E-state index is 13.3. The smallest absolute Gasteiger partial charge is 0.271 e. The van der Waals surface area contributed by atoms with E-state index in [0.717, 1.165) is 4.57 Å². The summed E-state index contributed by atoms with van der Waals surface area (Å²) >= 11 is 6.11. The first-order chi connectivity index (χ1) is 15.8. The molecule has 0 saturated carbocycles. The van der Waals surface area contributed by atoms with Crippen molar-refractivity contribution in [2.75, 3.05) is 6.79 Å². The van der Waals surface area contributed by atoms with Crippen LogP contribution in [0.1, 0.15) is 34.0 Å². The molecule has 1 aliphatic heterocycles. The zero-order chi connectivity index (χ0) is 23.7. The number of aromatic nitrogens is 1. The van der Waals surface area contributed by atoms with Gasteiger partial charge in [-0.05, 0) is 49.2 Å². The Bertz CT molecular complexity index is 1360. The molecule has 3 aromatic rings. The number of carbonyl (C=O) groups is 1. The average Bonchev–Trinajstić information content (AvgIpc) is 3.26. The van der Waals surface area contributed by atoms with Crippen LogP contribution < -0.4 is 19.8 Å². The van der Waals surface area contributed by atoms with Crippen LogP contribution in [-0.4, -0.2) is 28.4 Å². The highest BCUT2D eigenvalue weighted by atomic mass is 35.5. The maximum Gasteiger partial charge on any atom is 0.271 e. The summed E-state index contributed by atoms with van der Waals surface area (Å²) in [6.07, 6.45) is -1.04. The fraction of sp³-hybridized carbons (Fsp3) is 0.208. The zero-order valence-electron chi connectivity index (χ0n) is 17.8. The molecule has 4 rings (SSSR count). The topological polar surface area (TPSA) is 111 Å². The molecule has 1 aliphatic rings. The lowest BCUT2D eigenvalue weighted by molar-refractivity contribution is 0.0813. The first-order valence-corrected chi connectivity index (χ1v) is 10.4. The van der Waals surface area contributed by atoms with Gasteiger partial charge in [0.25, 0.3) is 5.56 Å². The lowest BCUT2D eigenvalue weighted by Crippen LogP contribution is -2.31. The number of aromatic hydroxyl groups is 1. The number of Topliss-reactive ketones (excluding diaryl/α,β-unsaturated/α-hetero) is 1. The second-order valence-electron chi connectivity index (χ2n) is 7.44. The molecule has 0 radical (unpaired) electrons. The first kappa shape index (κ1) is 22.2. The third kappa shape index (κ3) is 4.11. The number of rotatable bonds is 6. The van der Waals surface area contributed by atoms with Crippen LogP contribution in [-0.2, 0) is 6.54 Å². The Kier molecular flexibility index (Phi) is 5.99. The summed E-state index contributed by atoms with van der Waals surface area (Å²) < 4.78 is 17.3. The number of hydrogen-bond donors (Lipinski definition) is 1. The number of para-hydroxylation sites is 1. The van der Waals surface area contributed by atoms with Crippen LogP contribution in [0.15, 0.2) is 47.3 Å². The first-order valence-electron chi connectivity index (χ1n) is 10.0. The molecular formula is C24H19ClN2O6. The van der Waals surface area contributed by atoms with Crippen LogP contribution >= 0.6 is 11.6 Å². The van der Waals surface area contributed by atoms with Crippen molar-refractivity contribution in [2.45, 2.75) is 26.5 Å². The van der Waals surface area contributed by atoms with Crippen LogP contribution in [0.25, 0.3) is 0 Å². The van der Waals surface area contributed by atoms with Crippen LogP contribution in [0.5, 0.6) is 23.1 Å². The number of hydrogen-bond acceptors (Lipinski definition) is 7. The highest BCUT2D eigenvalue weighted by Crippen LogP contribution is 2.33. The number of pyridine rings is 1. The molecule has 33 heavy (non-hydrogen) atoms. The third-order valence-corrected chi connectivity index (χ3v) is 5.65. The Labute approximate surface area is 194 Å². The van der Waals surface area contributed by atoms with Crippen LogP contribution in [0.4, 0.5) is 0 Å². The zero-order valence-corrected chi connectivity index (χ0v) is 18.5. The molecule has 1 aromatic heterocycles. The van der Waals surface area contributed by atoms with Gasteiger partial charge in [0.05, 0.1) is 17.1 Å². The highest BCUT2D eigenvalue weighted by molar-refractivity contribution is 6.32. The van der Waals surface area contributed by atoms with Gasteiger partial charge in [0, 0.05) is 0 Å². The molecule has 0 aliphatic carbocycles. The molecule has 0 saturated heterocycles. The second kappa shape index (κ2) is 8.88. The number of nitrogens with zero attached hydrogens (tertiary/aromatic N) is 2. The lowest BCUT2D eigenvalue weighted by atomic mass is 9.99. The third-order valence-electron chi connectivity index (χ3n) is 5.33. The predicted octanol–water partition coefficient (Wildman–Crippen LogP) is 3.81. The van der Waals surface area contributed by atoms with Gasteiger partial charge in [0.1, 0.15) is 17.4 Å². The molecule has 168 valence electrons. The van der Waals surface area contributed by atoms with Gasteiger partial charge < -0.3 is 19.3 Å². The Morgan fingerprint density at radius 2 is 2.00 bits per heavy atom. The van der Waals surface area contributed by atoms with Gasteiger partial charge in [-0.3, -0.25) is 14.2 Å². The number of benzene rings is 2. The summed E-state index contributed by atoms with van der Waals surface area (Å²) in [5.41, 5.74) is -0.403. The number of carbonyl (C=O) groups excluding carboxylic acids is 1. The van der Waals surface area contributed by atoms with Crippen molar-refractivity contribution in [3.8, 4) is 29.2 Å². The van der Waals surface area contributed by atoms with Crippen molar-refractivity contribution in [2.24, 2.45) is 0 Å². The van der Waals surface area contributed by atoms with Crippen LogP contribution in [0.2, 0.25) is 5.02 Å². The number of ether oxygens (including phenoxy) is 3. The predicted molar refractivity (Wildman–Crippen MR) is 119 cm³/mol. The fourth-order valence-corrected chi connectivity index (χ4v) is 3.78. The van der Waals surface area contributed by atoms with E-state index in [1.165, 1.54) is 13.8 Å². The molecule has 2 aromatic carbocycles. The summed E-state index contributed by atoms with van der Waals surface area (Å²) in [5, 5.41) is 20.9. The average molecular weight is 467 g/mol. The van der Waals surface area contributed by atoms with Gasteiger partial charge in [0.15, 0.2) is 17.6 Å². The maximum absolute atomic E-state index is 13.3. The Morgan fingerprint density at radius 1 is 1.27 bits per heavy atom. The molecule has 0 amide bonds. The van der Waals surface area contributed by atoms with Gasteiger partial charge in [-0.2, -0.15) is 5.26 Å². The molecule has 8 nitrogen and oxygen atoms in total. The molecular weight excluding hydrogens is 448 g/mol. The van der Waals surface area contributed by atoms with Gasteiger partial charge >= 0.3 is 0 Å². The summed E-state index contributed by atoms with van der Waals surface area (Å²) in [4.78, 5) is 26.2. The summed E-state index contributed by atoms with van der Waals surface area (Å²) in [6, 6.07) is 13.6. The molecule has 1 N–H and O–H groups in total. The Hall–Kier alpha value is -3.96. The van der Waals surface area contributed by atoms with Crippen LogP contribution in [0, 0.1) is 18.3 Å². The Balaban J connectivity index is 1.74. The summed E-state index contributed by atoms with van der Waals surface area (Å²) in [5.74, 6) is 0.227. The van der Waals surface area contributed by atoms with Crippen LogP contribution in [0.3, 0.4) is 0 Å². The monoisotopic (exact) mass is 466 g/mol. The summed E-state index contributed by atoms with van der Waals surface area (Å²) in [6.45, 7) is 2.95. The molecule has 9 heteroatoms. The number of fused-ring (bicyclic) bond motifs is 1. The number of halogens is 1. The number of nitriles is 1. The van der Waals surface area contributed by atoms with Crippen molar-refractivity contribution < 1.29 is 24.1 Å². The van der Waals surface area contributed by atoms with Gasteiger partial charge in [-0.1, -0.05) is 29.8 Å². The van der Waals surface area contributed by atoms with E-state index >= 15 is 0 Å². The van der Waals surface area contributed by atoms with Gasteiger partial charge in [-0.25, -0.2) is 0 Å². The van der Waals surface area contributed by atoms with E-state index < -0.39 is 23.3 Å². The molecule has 2 heterocycles. The van der Waals surface area contributed by atoms with E-state index in [2.05, 4.69) is 0 Å². The minimum absolute atomic E-state index is 0.0848. The molecule has 0 bridgehead atoms. The normalized spacial score (nSPS) is 12.8. The van der Waals surface area contributed by atoms with Gasteiger partial charge in [-0.15, -0.1) is 0 Å². The lowest BCUT2D eigenvalue weighted by Gasteiger charge is -2.19. The van der Waals surface area contributed by atoms with Crippen molar-refractivity contribution >= 4 is 17.4 Å². The Morgan fingerprint density at radius 3 is 2.73 bits per heavy atom. The largest absolute Gasteiger partial charge is 0.494 e. The standard InChI is InChI=1S/C24H19ClN2O6/c1-13-16(10-26)23(29)27(11-15-7-8-19-20(9-15)32-12-31-19)24(30)21(13)22(28)14(2)33-18-6-4-3-5-17(18)25/h3-9,14,30H,11-12H2,1-2H3. The van der Waals surface area contributed by atoms with E-state index in [0.29, 0.717) is 27.8 Å². The molecule has 0 spiro atoms. The summed E-state index contributed by atoms with van der Waals surface area (Å²) in [7, 11) is 0. The minimum Gasteiger partial charge on any atom is -0.494 e. The van der Waals surface area contributed by atoms with Crippen molar-refractivity contribution in [3.63, 3.8) is 0 Å².